The Morgan fingerprint density at radius 1 is 1.11 bits per heavy atom. The molecule has 3 rings (SSSR count). The lowest BCUT2D eigenvalue weighted by Crippen LogP contribution is -2.01. The van der Waals surface area contributed by atoms with E-state index in [0.29, 0.717) is 0 Å². The van der Waals surface area contributed by atoms with Gasteiger partial charge in [-0.1, -0.05) is 87.2 Å². The van der Waals surface area contributed by atoms with E-state index in [1.807, 2.05) is 19.9 Å². The largest absolute Gasteiger partial charge is 0.358 e. The maximum atomic E-state index is 13.9. The van der Waals surface area contributed by atoms with Gasteiger partial charge in [0.1, 0.15) is 5.82 Å². The predicted octanol–water partition coefficient (Wildman–Crippen LogP) is 10.5. The summed E-state index contributed by atoms with van der Waals surface area (Å²) in [5, 5.41) is 1.23. The lowest BCUT2D eigenvalue weighted by atomic mass is 9.92. The third kappa shape index (κ3) is 8.48. The van der Waals surface area contributed by atoms with Gasteiger partial charge in [0.25, 0.3) is 0 Å². The second-order valence-electron chi connectivity index (χ2n) is 9.79. The number of fused-ring (bicyclic) bond motifs is 1. The number of aryl methyl sites for hydroxylation is 2. The first kappa shape index (κ1) is 29.6. The first-order valence-corrected chi connectivity index (χ1v) is 13.4. The summed E-state index contributed by atoms with van der Waals surface area (Å²) in [5.74, 6) is -0.145. The van der Waals surface area contributed by atoms with E-state index in [0.717, 1.165) is 54.3 Å². The summed E-state index contributed by atoms with van der Waals surface area (Å²) >= 11 is 6.03. The van der Waals surface area contributed by atoms with Gasteiger partial charge >= 0.3 is 0 Å². The molecule has 0 spiro atoms. The standard InChI is InChI=1S/C21H23ClFN.C11H19N/c1-4-5-6-16-17-11-18(22)19(23)12-20(17)24-21(16)14(3)15-9-7-13(2)8-10-15;1-6-7-10(4)12-11(5)8-9(2)3/h7-12,14,24H,4-6H2,1-3H3;8H,2,6-7H2,1,3-5H3/b;11-8-,12-10?. The molecule has 0 fully saturated rings. The van der Waals surface area contributed by atoms with Gasteiger partial charge in [-0.15, -0.1) is 0 Å². The van der Waals surface area contributed by atoms with Gasteiger partial charge in [-0.2, -0.15) is 0 Å². The number of aromatic nitrogens is 1. The van der Waals surface area contributed by atoms with Crippen LogP contribution in [0.2, 0.25) is 5.02 Å². The number of unbranched alkanes of at least 4 members (excludes halogenated alkanes) is 1. The maximum absolute atomic E-state index is 13.9. The number of hydrogen-bond donors (Lipinski definition) is 1. The van der Waals surface area contributed by atoms with Crippen molar-refractivity contribution in [1.82, 2.24) is 4.98 Å². The minimum Gasteiger partial charge on any atom is -0.358 e. The Labute approximate surface area is 222 Å². The molecule has 0 amide bonds. The third-order valence-electron chi connectivity index (χ3n) is 6.21. The second kappa shape index (κ2) is 14.2. The molecule has 4 heteroatoms. The highest BCUT2D eigenvalue weighted by molar-refractivity contribution is 6.31. The number of nitrogens with zero attached hydrogens (tertiary/aromatic N) is 1. The Morgan fingerprint density at radius 2 is 1.78 bits per heavy atom. The number of rotatable bonds is 9. The van der Waals surface area contributed by atoms with Crippen LogP contribution in [0.5, 0.6) is 0 Å². The minimum atomic E-state index is -0.373. The molecule has 0 saturated carbocycles. The van der Waals surface area contributed by atoms with E-state index in [-0.39, 0.29) is 16.8 Å². The molecule has 1 N–H and O–H groups in total. The monoisotopic (exact) mass is 508 g/mol. The van der Waals surface area contributed by atoms with Crippen molar-refractivity contribution < 1.29 is 4.39 Å². The minimum absolute atomic E-state index is 0.189. The molecule has 1 aromatic heterocycles. The van der Waals surface area contributed by atoms with E-state index in [9.17, 15) is 4.39 Å². The summed E-state index contributed by atoms with van der Waals surface area (Å²) in [6.45, 7) is 18.5. The van der Waals surface area contributed by atoms with E-state index in [2.05, 4.69) is 75.4 Å². The number of aromatic amines is 1. The molecule has 1 atom stereocenters. The summed E-state index contributed by atoms with van der Waals surface area (Å²) in [7, 11) is 0. The molecule has 0 aliphatic heterocycles. The van der Waals surface area contributed by atoms with Crippen LogP contribution in [0.3, 0.4) is 0 Å². The van der Waals surface area contributed by atoms with Gasteiger partial charge in [0.05, 0.1) is 5.02 Å². The average Bonchev–Trinajstić information content (AvgIpc) is 3.15. The first-order valence-electron chi connectivity index (χ1n) is 13.0. The number of aliphatic imine (C=N–C) groups is 1. The van der Waals surface area contributed by atoms with Crippen LogP contribution in [-0.4, -0.2) is 10.7 Å². The topological polar surface area (TPSA) is 28.1 Å². The van der Waals surface area contributed by atoms with Gasteiger partial charge in [-0.25, -0.2) is 4.39 Å². The van der Waals surface area contributed by atoms with Crippen LogP contribution in [0, 0.1) is 12.7 Å². The van der Waals surface area contributed by atoms with Crippen molar-refractivity contribution in [3.05, 3.63) is 93.5 Å². The van der Waals surface area contributed by atoms with Crippen LogP contribution >= 0.6 is 11.6 Å². The van der Waals surface area contributed by atoms with Gasteiger partial charge in [0.15, 0.2) is 0 Å². The Kier molecular flexibility index (Phi) is 11.7. The fourth-order valence-electron chi connectivity index (χ4n) is 4.39. The fraction of sp³-hybridized carbons (Fsp3) is 0.406. The molecule has 1 unspecified atom stereocenters. The van der Waals surface area contributed by atoms with Crippen LogP contribution in [0.1, 0.15) is 95.5 Å². The van der Waals surface area contributed by atoms with Gasteiger partial charge in [0.2, 0.25) is 0 Å². The van der Waals surface area contributed by atoms with Crippen molar-refractivity contribution in [2.45, 2.75) is 86.5 Å². The van der Waals surface area contributed by atoms with E-state index >= 15 is 0 Å². The second-order valence-corrected chi connectivity index (χ2v) is 10.2. The van der Waals surface area contributed by atoms with E-state index in [1.165, 1.54) is 34.2 Å². The van der Waals surface area contributed by atoms with E-state index < -0.39 is 0 Å². The van der Waals surface area contributed by atoms with Crippen molar-refractivity contribution >= 4 is 28.2 Å². The van der Waals surface area contributed by atoms with Gasteiger partial charge in [-0.05, 0) is 76.3 Å². The quantitative estimate of drug-likeness (QED) is 0.220. The smallest absolute Gasteiger partial charge is 0.143 e. The molecule has 0 saturated heterocycles. The Morgan fingerprint density at radius 3 is 2.36 bits per heavy atom. The molecule has 36 heavy (non-hydrogen) atoms. The molecule has 0 radical (unpaired) electrons. The van der Waals surface area contributed by atoms with Crippen LogP contribution in [0.25, 0.3) is 10.9 Å². The average molecular weight is 509 g/mol. The number of nitrogens with one attached hydrogen (secondary N) is 1. The van der Waals surface area contributed by atoms with Crippen molar-refractivity contribution in [3.8, 4) is 0 Å². The molecule has 0 aliphatic carbocycles. The van der Waals surface area contributed by atoms with Crippen LogP contribution in [-0.2, 0) is 6.42 Å². The molecule has 0 aliphatic rings. The fourth-order valence-corrected chi connectivity index (χ4v) is 4.55. The molecule has 1 heterocycles. The Bertz CT molecular complexity index is 1220. The highest BCUT2D eigenvalue weighted by Gasteiger charge is 2.19. The maximum Gasteiger partial charge on any atom is 0.143 e. The van der Waals surface area contributed by atoms with Crippen LogP contribution in [0.15, 0.2) is 65.3 Å². The lowest BCUT2D eigenvalue weighted by molar-refractivity contribution is 0.630. The predicted molar refractivity (Wildman–Crippen MR) is 157 cm³/mol. The van der Waals surface area contributed by atoms with E-state index in [1.54, 1.807) is 6.07 Å². The summed E-state index contributed by atoms with van der Waals surface area (Å²) in [6, 6.07) is 11.9. The van der Waals surface area contributed by atoms with Gasteiger partial charge in [-0.3, -0.25) is 4.99 Å². The molecule has 2 aromatic carbocycles. The van der Waals surface area contributed by atoms with E-state index in [4.69, 9.17) is 11.6 Å². The van der Waals surface area contributed by atoms with Crippen molar-refractivity contribution in [2.75, 3.05) is 0 Å². The molecule has 0 bridgehead atoms. The molecule has 194 valence electrons. The summed E-state index contributed by atoms with van der Waals surface area (Å²) in [5.41, 5.74) is 9.09. The van der Waals surface area contributed by atoms with Gasteiger partial charge in [0, 0.05) is 33.9 Å². The van der Waals surface area contributed by atoms with Crippen LogP contribution in [0.4, 0.5) is 4.39 Å². The Balaban J connectivity index is 0.000000324. The summed E-state index contributed by atoms with van der Waals surface area (Å²) < 4.78 is 13.9. The highest BCUT2D eigenvalue weighted by atomic mass is 35.5. The van der Waals surface area contributed by atoms with Crippen molar-refractivity contribution in [1.29, 1.82) is 0 Å². The highest BCUT2D eigenvalue weighted by Crippen LogP contribution is 2.35. The number of benzene rings is 2. The number of hydrogen-bond acceptors (Lipinski definition) is 1. The van der Waals surface area contributed by atoms with Crippen LogP contribution < -0.4 is 0 Å². The zero-order valence-electron chi connectivity index (χ0n) is 23.1. The number of allylic oxidation sites excluding steroid dienone is 3. The zero-order chi connectivity index (χ0) is 26.8. The first-order chi connectivity index (χ1) is 17.1. The number of halogens is 2. The molecule has 3 aromatic rings. The third-order valence-corrected chi connectivity index (χ3v) is 6.49. The molecular weight excluding hydrogens is 467 g/mol. The Hall–Kier alpha value is -2.65. The number of H-pyrrole nitrogens is 1. The molecular formula is C32H42ClFN2. The lowest BCUT2D eigenvalue weighted by Gasteiger charge is -2.14. The zero-order valence-corrected chi connectivity index (χ0v) is 23.8. The summed E-state index contributed by atoms with van der Waals surface area (Å²) in [4.78, 5) is 7.88. The SMILES string of the molecule is C=C(C)/C=C(/C)N=C(C)CCC.CCCCc1c(C(C)c2ccc(C)cc2)[nH]c2cc(F)c(Cl)cc12. The van der Waals surface area contributed by atoms with Gasteiger partial charge < -0.3 is 4.98 Å². The normalized spacial score (nSPS) is 12.9. The van der Waals surface area contributed by atoms with Crippen molar-refractivity contribution in [2.24, 2.45) is 4.99 Å². The van der Waals surface area contributed by atoms with Crippen molar-refractivity contribution in [3.63, 3.8) is 0 Å². The summed E-state index contributed by atoms with van der Waals surface area (Å²) in [6.07, 6.45) is 7.45. The molecule has 2 nitrogen and oxygen atoms in total.